The summed E-state index contributed by atoms with van der Waals surface area (Å²) in [6.07, 6.45) is 5.71. The van der Waals surface area contributed by atoms with Crippen LogP contribution >= 0.6 is 27.7 Å². The molecule has 0 unspecified atom stereocenters. The van der Waals surface area contributed by atoms with E-state index in [4.69, 9.17) is 28.9 Å². The molecule has 2 aromatic carbocycles. The van der Waals surface area contributed by atoms with Gasteiger partial charge in [-0.15, -0.1) is 11.8 Å². The van der Waals surface area contributed by atoms with Gasteiger partial charge in [0.15, 0.2) is 17.4 Å². The van der Waals surface area contributed by atoms with Gasteiger partial charge in [-0.3, -0.25) is 0 Å². The van der Waals surface area contributed by atoms with Crippen molar-refractivity contribution in [2.75, 3.05) is 26.8 Å². The highest BCUT2D eigenvalue weighted by atomic mass is 79.9. The predicted molar refractivity (Wildman–Crippen MR) is 155 cm³/mol. The monoisotopic (exact) mass is 596 g/mol. The van der Waals surface area contributed by atoms with Gasteiger partial charge in [0.05, 0.1) is 6.61 Å². The normalized spacial score (nSPS) is 18.8. The van der Waals surface area contributed by atoms with Crippen molar-refractivity contribution in [3.8, 4) is 11.5 Å². The molecule has 6 nitrogen and oxygen atoms in total. The standard InChI is InChI=1S/C30H33BrN2O4S/c1-4-5-6-21-10-13-23(30(31)32-21)24(20-9-14-26-27(15-20)36-18-35-26)16-28-33-25(17-34-2)29(37-28)19-7-11-22(38-3)12-8-19/h7-15,24-25,29H,4-6,16-18H2,1-3H3/t24-,25-,29-/m0/s1. The van der Waals surface area contributed by atoms with Gasteiger partial charge in [0, 0.05) is 30.0 Å². The fraction of sp³-hybridized carbons (Fsp3) is 0.400. The average Bonchev–Trinajstić information content (AvgIpc) is 3.57. The van der Waals surface area contributed by atoms with Gasteiger partial charge in [-0.2, -0.15) is 0 Å². The van der Waals surface area contributed by atoms with E-state index < -0.39 is 0 Å². The second-order valence-corrected chi connectivity index (χ2v) is 11.1. The number of pyridine rings is 1. The van der Waals surface area contributed by atoms with E-state index in [1.165, 1.54) is 4.90 Å². The van der Waals surface area contributed by atoms with Crippen molar-refractivity contribution in [3.05, 3.63) is 81.6 Å². The third-order valence-electron chi connectivity index (χ3n) is 6.98. The molecule has 3 atom stereocenters. The number of thioether (sulfide) groups is 1. The molecule has 0 saturated carbocycles. The summed E-state index contributed by atoms with van der Waals surface area (Å²) in [5.41, 5.74) is 4.38. The number of aliphatic imine (C=N–C) groups is 1. The van der Waals surface area contributed by atoms with Crippen LogP contribution in [0.1, 0.15) is 60.6 Å². The molecule has 0 bridgehead atoms. The number of aromatic nitrogens is 1. The molecule has 3 heterocycles. The van der Waals surface area contributed by atoms with Gasteiger partial charge in [-0.25, -0.2) is 9.98 Å². The molecule has 200 valence electrons. The Kier molecular flexibility index (Phi) is 8.92. The van der Waals surface area contributed by atoms with E-state index in [1.54, 1.807) is 18.9 Å². The summed E-state index contributed by atoms with van der Waals surface area (Å²) < 4.78 is 24.2. The van der Waals surface area contributed by atoms with Gasteiger partial charge in [0.25, 0.3) is 0 Å². The highest BCUT2D eigenvalue weighted by Crippen LogP contribution is 2.41. The van der Waals surface area contributed by atoms with E-state index >= 15 is 0 Å². The maximum absolute atomic E-state index is 6.54. The first-order valence-electron chi connectivity index (χ1n) is 13.0. The predicted octanol–water partition coefficient (Wildman–Crippen LogP) is 7.34. The third kappa shape index (κ3) is 6.03. The van der Waals surface area contributed by atoms with Gasteiger partial charge >= 0.3 is 0 Å². The summed E-state index contributed by atoms with van der Waals surface area (Å²) >= 11 is 5.50. The van der Waals surface area contributed by atoms with Crippen LogP contribution in [-0.4, -0.2) is 43.7 Å². The minimum atomic E-state index is -0.184. The molecular weight excluding hydrogens is 564 g/mol. The van der Waals surface area contributed by atoms with Crippen LogP contribution in [0.3, 0.4) is 0 Å². The zero-order valence-corrected chi connectivity index (χ0v) is 24.4. The molecule has 0 fully saturated rings. The Morgan fingerprint density at radius 1 is 1.08 bits per heavy atom. The smallest absolute Gasteiger partial charge is 0.231 e. The molecule has 3 aromatic rings. The first kappa shape index (κ1) is 27.0. The molecule has 0 radical (unpaired) electrons. The van der Waals surface area contributed by atoms with Gasteiger partial charge in [0.1, 0.15) is 16.7 Å². The topological polar surface area (TPSA) is 62.2 Å². The van der Waals surface area contributed by atoms with Crippen LogP contribution in [0.2, 0.25) is 0 Å². The Morgan fingerprint density at radius 3 is 2.63 bits per heavy atom. The molecule has 0 N–H and O–H groups in total. The molecule has 0 spiro atoms. The van der Waals surface area contributed by atoms with Crippen LogP contribution in [0.25, 0.3) is 0 Å². The van der Waals surface area contributed by atoms with Gasteiger partial charge < -0.3 is 18.9 Å². The molecule has 0 aliphatic carbocycles. The van der Waals surface area contributed by atoms with Crippen LogP contribution < -0.4 is 9.47 Å². The van der Waals surface area contributed by atoms with Crippen molar-refractivity contribution in [1.82, 2.24) is 4.98 Å². The maximum atomic E-state index is 6.54. The number of methoxy groups -OCH3 is 1. The van der Waals surface area contributed by atoms with E-state index in [-0.39, 0.29) is 24.9 Å². The van der Waals surface area contributed by atoms with Crippen LogP contribution in [0.15, 0.2) is 69.1 Å². The summed E-state index contributed by atoms with van der Waals surface area (Å²) in [5.74, 6) is 2.21. The molecule has 0 saturated heterocycles. The van der Waals surface area contributed by atoms with Crippen LogP contribution in [0.5, 0.6) is 11.5 Å². The summed E-state index contributed by atoms with van der Waals surface area (Å²) in [6.45, 7) is 2.93. The fourth-order valence-corrected chi connectivity index (χ4v) is 5.98. The lowest BCUT2D eigenvalue weighted by Gasteiger charge is -2.21. The number of rotatable bonds is 11. The molecule has 1 aromatic heterocycles. The summed E-state index contributed by atoms with van der Waals surface area (Å²) in [7, 11) is 1.71. The number of unbranched alkanes of at least 4 members (excludes halogenated alkanes) is 1. The third-order valence-corrected chi connectivity index (χ3v) is 8.36. The number of hydrogen-bond donors (Lipinski definition) is 0. The van der Waals surface area contributed by atoms with Crippen molar-refractivity contribution in [3.63, 3.8) is 0 Å². The molecule has 2 aliphatic heterocycles. The van der Waals surface area contributed by atoms with Crippen molar-refractivity contribution >= 4 is 33.6 Å². The Balaban J connectivity index is 1.45. The van der Waals surface area contributed by atoms with Crippen LogP contribution in [0, 0.1) is 0 Å². The largest absolute Gasteiger partial charge is 0.471 e. The fourth-order valence-electron chi connectivity index (χ4n) is 4.94. The highest BCUT2D eigenvalue weighted by Gasteiger charge is 2.34. The lowest BCUT2D eigenvalue weighted by Crippen LogP contribution is -2.19. The zero-order chi connectivity index (χ0) is 26.5. The van der Waals surface area contributed by atoms with Crippen molar-refractivity contribution in [1.29, 1.82) is 0 Å². The van der Waals surface area contributed by atoms with E-state index in [9.17, 15) is 0 Å². The van der Waals surface area contributed by atoms with Gasteiger partial charge in [0.2, 0.25) is 6.79 Å². The van der Waals surface area contributed by atoms with Crippen LogP contribution in [-0.2, 0) is 15.9 Å². The number of fused-ring (bicyclic) bond motifs is 1. The molecule has 8 heteroatoms. The van der Waals surface area contributed by atoms with Crippen molar-refractivity contribution < 1.29 is 18.9 Å². The number of ether oxygens (including phenoxy) is 4. The molecule has 5 rings (SSSR count). The van der Waals surface area contributed by atoms with Gasteiger partial charge in [-0.05, 0) is 82.0 Å². The SMILES string of the molecule is CCCCc1ccc([C@@H](CC2=N[C@@H](COC)[C@H](c3ccc(SC)cc3)O2)c2ccc3c(c2)OCO3)c(Br)n1. The first-order valence-corrected chi connectivity index (χ1v) is 15.0. The number of aryl methyl sites for hydroxylation is 1. The molecule has 38 heavy (non-hydrogen) atoms. The van der Waals surface area contributed by atoms with E-state index in [0.29, 0.717) is 13.0 Å². The summed E-state index contributed by atoms with van der Waals surface area (Å²) in [4.78, 5) is 11.1. The van der Waals surface area contributed by atoms with Crippen LogP contribution in [0.4, 0.5) is 0 Å². The lowest BCUT2D eigenvalue weighted by molar-refractivity contribution is 0.118. The molecule has 0 amide bonds. The Labute approximate surface area is 237 Å². The highest BCUT2D eigenvalue weighted by molar-refractivity contribution is 9.10. The Bertz CT molecular complexity index is 1280. The van der Waals surface area contributed by atoms with E-state index in [1.807, 2.05) is 6.07 Å². The number of hydrogen-bond acceptors (Lipinski definition) is 7. The number of benzene rings is 2. The van der Waals surface area contributed by atoms with E-state index in [0.717, 1.165) is 63.6 Å². The van der Waals surface area contributed by atoms with Gasteiger partial charge in [-0.1, -0.05) is 37.6 Å². The lowest BCUT2D eigenvalue weighted by atomic mass is 9.89. The van der Waals surface area contributed by atoms with Crippen molar-refractivity contribution in [2.45, 2.75) is 55.6 Å². The number of halogens is 1. The summed E-state index contributed by atoms with van der Waals surface area (Å²) in [5, 5.41) is 0. The maximum Gasteiger partial charge on any atom is 0.231 e. The van der Waals surface area contributed by atoms with E-state index in [2.05, 4.69) is 77.6 Å². The second-order valence-electron chi connectivity index (χ2n) is 9.51. The molecule has 2 aliphatic rings. The summed E-state index contributed by atoms with van der Waals surface area (Å²) in [6, 6.07) is 18.8. The minimum absolute atomic E-state index is 0.0360. The average molecular weight is 598 g/mol. The first-order chi connectivity index (χ1) is 18.6. The minimum Gasteiger partial charge on any atom is -0.471 e. The number of nitrogens with zero attached hydrogens (tertiary/aromatic N) is 2. The van der Waals surface area contributed by atoms with Crippen molar-refractivity contribution in [2.24, 2.45) is 4.99 Å². The Hall–Kier alpha value is -2.55. The second kappa shape index (κ2) is 12.5. The zero-order valence-electron chi connectivity index (χ0n) is 22.0. The molecular formula is C30H33BrN2O4S. The quantitative estimate of drug-likeness (QED) is 0.170. The Morgan fingerprint density at radius 2 is 1.89 bits per heavy atom.